The number of aromatic nitrogens is 3. The highest BCUT2D eigenvalue weighted by atomic mass is 16.5. The highest BCUT2D eigenvalue weighted by Gasteiger charge is 2.19. The van der Waals surface area contributed by atoms with Gasteiger partial charge < -0.3 is 14.9 Å². The van der Waals surface area contributed by atoms with Crippen LogP contribution in [0.15, 0.2) is 24.3 Å². The number of nitrogens with zero attached hydrogens (tertiary/aromatic N) is 3. The van der Waals surface area contributed by atoms with Crippen LogP contribution in [-0.2, 0) is 13.0 Å². The van der Waals surface area contributed by atoms with Gasteiger partial charge in [-0.25, -0.2) is 9.48 Å². The second-order valence-corrected chi connectivity index (χ2v) is 4.52. The topological polar surface area (TPSA) is 97.5 Å². The molecule has 112 valence electrons. The summed E-state index contributed by atoms with van der Waals surface area (Å²) in [5, 5.41) is 26.8. The van der Waals surface area contributed by atoms with Gasteiger partial charge in [0.2, 0.25) is 0 Å². The van der Waals surface area contributed by atoms with E-state index in [1.54, 1.807) is 31.4 Å². The van der Waals surface area contributed by atoms with Crippen molar-refractivity contribution in [3.05, 3.63) is 41.2 Å². The minimum absolute atomic E-state index is 0.0738. The number of rotatable bonds is 6. The number of hydrogen-bond donors (Lipinski definition) is 2. The monoisotopic (exact) mass is 291 g/mol. The normalized spacial score (nSPS) is 12.1. The van der Waals surface area contributed by atoms with Gasteiger partial charge in [0.1, 0.15) is 5.75 Å². The first-order valence-electron chi connectivity index (χ1n) is 6.54. The number of carboxylic acid groups (broad SMARTS) is 1. The molecule has 1 heterocycles. The molecule has 1 aromatic heterocycles. The summed E-state index contributed by atoms with van der Waals surface area (Å²) in [4.78, 5) is 11.0. The second kappa shape index (κ2) is 6.36. The molecular formula is C14H17N3O4. The Morgan fingerprint density at radius 2 is 2.24 bits per heavy atom. The Kier molecular flexibility index (Phi) is 4.54. The van der Waals surface area contributed by atoms with E-state index < -0.39 is 12.1 Å². The van der Waals surface area contributed by atoms with Crippen LogP contribution in [0.25, 0.3) is 0 Å². The minimum atomic E-state index is -1.12. The van der Waals surface area contributed by atoms with Crippen molar-refractivity contribution < 1.29 is 19.7 Å². The lowest BCUT2D eigenvalue weighted by Gasteiger charge is -2.13. The fraction of sp³-hybridized carbons (Fsp3) is 0.357. The number of carboxylic acids is 1. The maximum atomic E-state index is 11.0. The average molecular weight is 291 g/mol. The molecule has 2 aromatic rings. The molecule has 0 aliphatic heterocycles. The highest BCUT2D eigenvalue weighted by molar-refractivity contribution is 5.86. The van der Waals surface area contributed by atoms with Crippen molar-refractivity contribution in [1.82, 2.24) is 15.0 Å². The molecule has 1 aromatic carbocycles. The molecule has 0 aliphatic rings. The molecule has 21 heavy (non-hydrogen) atoms. The summed E-state index contributed by atoms with van der Waals surface area (Å²) in [5.41, 5.74) is 1.09. The van der Waals surface area contributed by atoms with E-state index in [1.165, 1.54) is 4.68 Å². The summed E-state index contributed by atoms with van der Waals surface area (Å²) >= 11 is 0. The Labute approximate surface area is 121 Å². The van der Waals surface area contributed by atoms with Crippen molar-refractivity contribution in [2.24, 2.45) is 0 Å². The first-order chi connectivity index (χ1) is 10.1. The van der Waals surface area contributed by atoms with Crippen LogP contribution >= 0.6 is 0 Å². The van der Waals surface area contributed by atoms with Crippen LogP contribution in [0.5, 0.6) is 5.75 Å². The maximum Gasteiger partial charge on any atom is 0.358 e. The Morgan fingerprint density at radius 3 is 2.86 bits per heavy atom. The summed E-state index contributed by atoms with van der Waals surface area (Å²) in [6.07, 6.45) is -0.354. The van der Waals surface area contributed by atoms with Gasteiger partial charge in [0.15, 0.2) is 5.69 Å². The van der Waals surface area contributed by atoms with E-state index >= 15 is 0 Å². The summed E-state index contributed by atoms with van der Waals surface area (Å²) in [6, 6.07) is 7.06. The highest BCUT2D eigenvalue weighted by Crippen LogP contribution is 2.21. The fourth-order valence-electron chi connectivity index (χ4n) is 2.11. The molecule has 0 aliphatic carbocycles. The Bertz CT molecular complexity index is 639. The number of carbonyl (C=O) groups is 1. The molecule has 1 atom stereocenters. The van der Waals surface area contributed by atoms with E-state index in [-0.39, 0.29) is 12.2 Å². The molecule has 0 saturated heterocycles. The number of aromatic carboxylic acids is 1. The predicted molar refractivity (Wildman–Crippen MR) is 74.3 cm³/mol. The summed E-state index contributed by atoms with van der Waals surface area (Å²) in [7, 11) is 1.55. The van der Waals surface area contributed by atoms with Gasteiger partial charge in [-0.2, -0.15) is 0 Å². The van der Waals surface area contributed by atoms with Crippen molar-refractivity contribution in [3.8, 4) is 5.75 Å². The van der Waals surface area contributed by atoms with Crippen molar-refractivity contribution in [2.75, 3.05) is 7.11 Å². The van der Waals surface area contributed by atoms with Crippen molar-refractivity contribution in [3.63, 3.8) is 0 Å². The SMILES string of the molecule is CCc1c(C(=O)O)nnn1CC(O)c1cccc(OC)c1. The molecule has 2 rings (SSSR count). The van der Waals surface area contributed by atoms with Crippen molar-refractivity contribution >= 4 is 5.97 Å². The van der Waals surface area contributed by atoms with Gasteiger partial charge in [0.25, 0.3) is 0 Å². The molecule has 2 N–H and O–H groups in total. The predicted octanol–water partition coefficient (Wildman–Crippen LogP) is 1.28. The molecule has 0 radical (unpaired) electrons. The molecule has 0 amide bonds. The van der Waals surface area contributed by atoms with Gasteiger partial charge >= 0.3 is 5.97 Å². The van der Waals surface area contributed by atoms with E-state index in [0.29, 0.717) is 23.4 Å². The van der Waals surface area contributed by atoms with E-state index in [1.807, 2.05) is 6.92 Å². The summed E-state index contributed by atoms with van der Waals surface area (Å²) in [5.74, 6) is -0.471. The molecule has 1 unspecified atom stereocenters. The number of aliphatic hydroxyl groups is 1. The van der Waals surface area contributed by atoms with Gasteiger partial charge in [-0.15, -0.1) is 5.10 Å². The van der Waals surface area contributed by atoms with Gasteiger partial charge in [-0.1, -0.05) is 24.3 Å². The molecule has 0 fully saturated rings. The van der Waals surface area contributed by atoms with E-state index in [9.17, 15) is 9.90 Å². The zero-order valence-electron chi connectivity index (χ0n) is 11.9. The van der Waals surface area contributed by atoms with E-state index in [2.05, 4.69) is 10.3 Å². The third-order valence-corrected chi connectivity index (χ3v) is 3.20. The second-order valence-electron chi connectivity index (χ2n) is 4.52. The van der Waals surface area contributed by atoms with Crippen LogP contribution in [0.4, 0.5) is 0 Å². The van der Waals surface area contributed by atoms with Gasteiger partial charge in [0.05, 0.1) is 25.5 Å². The van der Waals surface area contributed by atoms with Gasteiger partial charge in [-0.3, -0.25) is 0 Å². The molecule has 0 spiro atoms. The molecular weight excluding hydrogens is 274 g/mol. The molecule has 0 saturated carbocycles. The van der Waals surface area contributed by atoms with Crippen LogP contribution < -0.4 is 4.74 Å². The maximum absolute atomic E-state index is 11.0. The number of ether oxygens (including phenoxy) is 1. The zero-order chi connectivity index (χ0) is 15.4. The lowest BCUT2D eigenvalue weighted by molar-refractivity contribution is 0.0688. The van der Waals surface area contributed by atoms with Crippen molar-refractivity contribution in [1.29, 1.82) is 0 Å². The summed E-state index contributed by atoms with van der Waals surface area (Å²) < 4.78 is 6.54. The van der Waals surface area contributed by atoms with Gasteiger partial charge in [-0.05, 0) is 24.1 Å². The Balaban J connectivity index is 2.23. The molecule has 7 heteroatoms. The Hall–Kier alpha value is -2.41. The van der Waals surface area contributed by atoms with Crippen molar-refractivity contribution in [2.45, 2.75) is 26.0 Å². The molecule has 0 bridgehead atoms. The van der Waals surface area contributed by atoms with Crippen LogP contribution in [0.3, 0.4) is 0 Å². The van der Waals surface area contributed by atoms with Crippen LogP contribution in [-0.4, -0.2) is 38.3 Å². The minimum Gasteiger partial charge on any atom is -0.497 e. The standard InChI is InChI=1S/C14H17N3O4/c1-3-11-13(14(19)20)15-16-17(11)8-12(18)9-5-4-6-10(7-9)21-2/h4-7,12,18H,3,8H2,1-2H3,(H,19,20). The van der Waals surface area contributed by atoms with Crippen LogP contribution in [0, 0.1) is 0 Å². The van der Waals surface area contributed by atoms with Crippen LogP contribution in [0.2, 0.25) is 0 Å². The Morgan fingerprint density at radius 1 is 1.48 bits per heavy atom. The lowest BCUT2D eigenvalue weighted by atomic mass is 10.1. The summed E-state index contributed by atoms with van der Waals surface area (Å²) in [6.45, 7) is 1.95. The smallest absolute Gasteiger partial charge is 0.358 e. The first kappa shape index (κ1) is 15.0. The van der Waals surface area contributed by atoms with E-state index in [0.717, 1.165) is 0 Å². The largest absolute Gasteiger partial charge is 0.497 e. The first-order valence-corrected chi connectivity index (χ1v) is 6.54. The third-order valence-electron chi connectivity index (χ3n) is 3.20. The van der Waals surface area contributed by atoms with Crippen LogP contribution in [0.1, 0.15) is 34.8 Å². The number of hydrogen-bond acceptors (Lipinski definition) is 5. The zero-order valence-corrected chi connectivity index (χ0v) is 11.9. The average Bonchev–Trinajstić information content (AvgIpc) is 2.90. The molecule has 7 nitrogen and oxygen atoms in total. The fourth-order valence-corrected chi connectivity index (χ4v) is 2.11. The quantitative estimate of drug-likeness (QED) is 0.832. The number of benzene rings is 1. The number of methoxy groups -OCH3 is 1. The van der Waals surface area contributed by atoms with Gasteiger partial charge in [0, 0.05) is 0 Å². The third kappa shape index (κ3) is 3.19. The lowest BCUT2D eigenvalue weighted by Crippen LogP contribution is -2.13. The number of aliphatic hydroxyl groups excluding tert-OH is 1. The van der Waals surface area contributed by atoms with E-state index in [4.69, 9.17) is 9.84 Å².